The lowest BCUT2D eigenvalue weighted by Gasteiger charge is -2.16. The number of nitrogens with one attached hydrogen (secondary N) is 2. The Balaban J connectivity index is 1.36. The lowest BCUT2D eigenvalue weighted by molar-refractivity contribution is -0.121. The van der Waals surface area contributed by atoms with Gasteiger partial charge in [0.2, 0.25) is 5.91 Å². The Labute approximate surface area is 132 Å². The van der Waals surface area contributed by atoms with Crippen LogP contribution in [-0.2, 0) is 17.8 Å². The summed E-state index contributed by atoms with van der Waals surface area (Å²) in [6.45, 7) is 5.96. The summed E-state index contributed by atoms with van der Waals surface area (Å²) in [5, 5.41) is 6.43. The molecule has 0 spiro atoms. The molecule has 4 nitrogen and oxygen atoms in total. The summed E-state index contributed by atoms with van der Waals surface area (Å²) >= 11 is 0. The number of ether oxygens (including phenoxy) is 1. The Bertz CT molecular complexity index is 550. The third kappa shape index (κ3) is 4.23. The van der Waals surface area contributed by atoms with E-state index in [0.29, 0.717) is 12.5 Å². The van der Waals surface area contributed by atoms with Crippen molar-refractivity contribution < 1.29 is 9.53 Å². The summed E-state index contributed by atoms with van der Waals surface area (Å²) in [6, 6.07) is 6.90. The molecule has 1 saturated carbocycles. The van der Waals surface area contributed by atoms with E-state index < -0.39 is 0 Å². The molecule has 1 aromatic carbocycles. The van der Waals surface area contributed by atoms with Crippen LogP contribution in [0.5, 0.6) is 5.75 Å². The summed E-state index contributed by atoms with van der Waals surface area (Å²) < 4.78 is 5.89. The second-order valence-electron chi connectivity index (χ2n) is 7.10. The average Bonchev–Trinajstić information content (AvgIpc) is 3.18. The number of hydrogen-bond donors (Lipinski definition) is 2. The van der Waals surface area contributed by atoms with Crippen molar-refractivity contribution in [3.05, 3.63) is 29.3 Å². The molecule has 2 N–H and O–H groups in total. The molecule has 0 bridgehead atoms. The van der Waals surface area contributed by atoms with Crippen molar-refractivity contribution in [3.8, 4) is 5.75 Å². The van der Waals surface area contributed by atoms with Gasteiger partial charge in [0.25, 0.3) is 0 Å². The topological polar surface area (TPSA) is 50.4 Å². The van der Waals surface area contributed by atoms with Gasteiger partial charge in [-0.25, -0.2) is 0 Å². The predicted molar refractivity (Wildman–Crippen MR) is 87.0 cm³/mol. The third-order valence-corrected chi connectivity index (χ3v) is 4.16. The first-order chi connectivity index (χ1) is 10.5. The van der Waals surface area contributed by atoms with Crippen molar-refractivity contribution >= 4 is 5.91 Å². The van der Waals surface area contributed by atoms with Gasteiger partial charge in [-0.3, -0.25) is 4.79 Å². The number of hydrogen-bond acceptors (Lipinski definition) is 3. The number of carbonyl (C=O) groups is 1. The summed E-state index contributed by atoms with van der Waals surface area (Å²) in [7, 11) is 0. The van der Waals surface area contributed by atoms with Crippen molar-refractivity contribution in [1.82, 2.24) is 10.6 Å². The summed E-state index contributed by atoms with van der Waals surface area (Å²) in [4.78, 5) is 11.6. The van der Waals surface area contributed by atoms with Crippen LogP contribution >= 0.6 is 0 Å². The molecule has 1 fully saturated rings. The molecule has 0 atom stereocenters. The molecule has 0 radical (unpaired) electrons. The lowest BCUT2D eigenvalue weighted by atomic mass is 10.0. The minimum absolute atomic E-state index is 0.0801. The molecule has 4 heteroatoms. The molecule has 120 valence electrons. The minimum atomic E-state index is -0.0801. The van der Waals surface area contributed by atoms with Crippen molar-refractivity contribution in [2.75, 3.05) is 6.54 Å². The highest BCUT2D eigenvalue weighted by Crippen LogP contribution is 2.35. The van der Waals surface area contributed by atoms with E-state index >= 15 is 0 Å². The zero-order chi connectivity index (χ0) is 15.6. The van der Waals surface area contributed by atoms with Crippen LogP contribution in [0, 0.1) is 0 Å². The Hall–Kier alpha value is -1.55. The van der Waals surface area contributed by atoms with E-state index in [1.807, 2.05) is 0 Å². The van der Waals surface area contributed by atoms with E-state index in [4.69, 9.17) is 4.74 Å². The standard InChI is InChI=1S/C18H26N2O2/c1-18(2)11-14-10-13(5-8-16(14)22-18)12-19-9-3-4-17(21)20-15-6-7-15/h5,8,10,15,19H,3-4,6-7,9,11-12H2,1-2H3,(H,20,21). The largest absolute Gasteiger partial charge is 0.487 e. The second kappa shape index (κ2) is 6.29. The van der Waals surface area contributed by atoms with E-state index in [-0.39, 0.29) is 11.5 Å². The van der Waals surface area contributed by atoms with Crippen LogP contribution in [0.15, 0.2) is 18.2 Å². The van der Waals surface area contributed by atoms with Gasteiger partial charge in [0.1, 0.15) is 11.4 Å². The molecular formula is C18H26N2O2. The predicted octanol–water partition coefficient (Wildman–Crippen LogP) is 2.55. The SMILES string of the molecule is CC1(C)Cc2cc(CNCCCC(=O)NC3CC3)ccc2O1. The molecule has 0 saturated heterocycles. The van der Waals surface area contributed by atoms with Gasteiger partial charge in [0.05, 0.1) is 0 Å². The smallest absolute Gasteiger partial charge is 0.220 e. The van der Waals surface area contributed by atoms with Crippen LogP contribution in [0.2, 0.25) is 0 Å². The van der Waals surface area contributed by atoms with Crippen LogP contribution in [0.1, 0.15) is 50.7 Å². The molecule has 3 rings (SSSR count). The Morgan fingerprint density at radius 1 is 1.36 bits per heavy atom. The van der Waals surface area contributed by atoms with Gasteiger partial charge in [-0.05, 0) is 56.8 Å². The van der Waals surface area contributed by atoms with Gasteiger partial charge in [-0.1, -0.05) is 12.1 Å². The van der Waals surface area contributed by atoms with Crippen molar-refractivity contribution in [2.24, 2.45) is 0 Å². The maximum atomic E-state index is 11.6. The highest BCUT2D eigenvalue weighted by Gasteiger charge is 2.29. The first kappa shape index (κ1) is 15.3. The molecule has 1 aliphatic carbocycles. The Morgan fingerprint density at radius 3 is 2.95 bits per heavy atom. The van der Waals surface area contributed by atoms with Crippen LogP contribution in [-0.4, -0.2) is 24.1 Å². The summed E-state index contributed by atoms with van der Waals surface area (Å²) in [6.07, 6.45) is 4.79. The average molecular weight is 302 g/mol. The van der Waals surface area contributed by atoms with Crippen molar-refractivity contribution in [2.45, 2.75) is 64.1 Å². The quantitative estimate of drug-likeness (QED) is 0.761. The summed E-state index contributed by atoms with van der Waals surface area (Å²) in [5.41, 5.74) is 2.50. The zero-order valence-corrected chi connectivity index (χ0v) is 13.6. The van der Waals surface area contributed by atoms with E-state index in [1.54, 1.807) is 0 Å². The maximum Gasteiger partial charge on any atom is 0.220 e. The van der Waals surface area contributed by atoms with Crippen LogP contribution in [0.3, 0.4) is 0 Å². The van der Waals surface area contributed by atoms with Gasteiger partial charge in [0.15, 0.2) is 0 Å². The molecule has 1 aromatic rings. The number of amides is 1. The fraction of sp³-hybridized carbons (Fsp3) is 0.611. The number of rotatable bonds is 7. The van der Waals surface area contributed by atoms with Crippen LogP contribution in [0.4, 0.5) is 0 Å². The minimum Gasteiger partial charge on any atom is -0.487 e. The number of benzene rings is 1. The van der Waals surface area contributed by atoms with Gasteiger partial charge < -0.3 is 15.4 Å². The van der Waals surface area contributed by atoms with E-state index in [1.165, 1.54) is 11.1 Å². The molecule has 1 aliphatic heterocycles. The Kier molecular flexibility index (Phi) is 4.39. The molecule has 0 unspecified atom stereocenters. The number of fused-ring (bicyclic) bond motifs is 1. The molecule has 0 aromatic heterocycles. The normalized spacial score (nSPS) is 18.6. The molecule has 22 heavy (non-hydrogen) atoms. The van der Waals surface area contributed by atoms with E-state index in [0.717, 1.165) is 44.5 Å². The first-order valence-corrected chi connectivity index (χ1v) is 8.33. The highest BCUT2D eigenvalue weighted by atomic mass is 16.5. The monoisotopic (exact) mass is 302 g/mol. The lowest BCUT2D eigenvalue weighted by Crippen LogP contribution is -2.26. The maximum absolute atomic E-state index is 11.6. The molecule has 1 heterocycles. The van der Waals surface area contributed by atoms with Gasteiger partial charge in [-0.2, -0.15) is 0 Å². The fourth-order valence-electron chi connectivity index (χ4n) is 2.91. The second-order valence-corrected chi connectivity index (χ2v) is 7.10. The van der Waals surface area contributed by atoms with Crippen LogP contribution < -0.4 is 15.4 Å². The van der Waals surface area contributed by atoms with Crippen molar-refractivity contribution in [3.63, 3.8) is 0 Å². The fourth-order valence-corrected chi connectivity index (χ4v) is 2.91. The van der Waals surface area contributed by atoms with Gasteiger partial charge in [-0.15, -0.1) is 0 Å². The highest BCUT2D eigenvalue weighted by molar-refractivity contribution is 5.76. The van der Waals surface area contributed by atoms with E-state index in [9.17, 15) is 4.79 Å². The molecular weight excluding hydrogens is 276 g/mol. The Morgan fingerprint density at radius 2 is 2.18 bits per heavy atom. The zero-order valence-electron chi connectivity index (χ0n) is 13.6. The van der Waals surface area contributed by atoms with Gasteiger partial charge >= 0.3 is 0 Å². The van der Waals surface area contributed by atoms with E-state index in [2.05, 4.69) is 42.7 Å². The van der Waals surface area contributed by atoms with Gasteiger partial charge in [0, 0.05) is 25.4 Å². The summed E-state index contributed by atoms with van der Waals surface area (Å²) in [5.74, 6) is 1.21. The van der Waals surface area contributed by atoms with Crippen LogP contribution in [0.25, 0.3) is 0 Å². The third-order valence-electron chi connectivity index (χ3n) is 4.16. The molecule has 1 amide bonds. The molecule has 2 aliphatic rings. The first-order valence-electron chi connectivity index (χ1n) is 8.33. The van der Waals surface area contributed by atoms with Crippen molar-refractivity contribution in [1.29, 1.82) is 0 Å². The number of carbonyl (C=O) groups excluding carboxylic acids is 1.